The molecule has 192 valence electrons. The Labute approximate surface area is 210 Å². The highest BCUT2D eigenvalue weighted by Gasteiger charge is 2.39. The van der Waals surface area contributed by atoms with Gasteiger partial charge < -0.3 is 0 Å². The summed E-state index contributed by atoms with van der Waals surface area (Å²) in [5, 5.41) is 10.3. The van der Waals surface area contributed by atoms with E-state index < -0.39 is 33.0 Å². The van der Waals surface area contributed by atoms with Crippen molar-refractivity contribution < 1.29 is 26.0 Å². The molecular formula is C25H21F4N5O2S. The van der Waals surface area contributed by atoms with Crippen molar-refractivity contribution in [3.8, 4) is 23.3 Å². The molecule has 4 aromatic rings. The smallest absolute Gasteiger partial charge is 0.291 e. The Kier molecular flexibility index (Phi) is 6.79. The molecule has 12 heteroatoms. The summed E-state index contributed by atoms with van der Waals surface area (Å²) in [7, 11) is -4.53. The topological polar surface area (TPSA) is 101 Å². The second-order valence-corrected chi connectivity index (χ2v) is 10.2. The number of aromatic nitrogens is 3. The summed E-state index contributed by atoms with van der Waals surface area (Å²) in [6.45, 7) is 4.34. The summed E-state index contributed by atoms with van der Waals surface area (Å²) in [5.41, 5.74) is 2.28. The van der Waals surface area contributed by atoms with E-state index in [-0.39, 0.29) is 17.0 Å². The predicted molar refractivity (Wildman–Crippen MR) is 129 cm³/mol. The van der Waals surface area contributed by atoms with Crippen LogP contribution in [0.4, 0.5) is 17.6 Å². The molecule has 3 aromatic heterocycles. The SMILES string of the molecule is CCc1cc2c(cc1F)c(C#N)c(-c1ccc(S(=O)(=O)N[C@@H](C)C(F)(F)F)cn1)n2-c1cc(C)ccn1. The number of hydrogen-bond acceptors (Lipinski definition) is 5. The van der Waals surface area contributed by atoms with Gasteiger partial charge in [0.25, 0.3) is 0 Å². The van der Waals surface area contributed by atoms with Crippen LogP contribution in [0.5, 0.6) is 0 Å². The minimum atomic E-state index is -4.77. The van der Waals surface area contributed by atoms with Gasteiger partial charge in [-0.1, -0.05) is 6.92 Å². The molecule has 0 amide bonds. The largest absolute Gasteiger partial charge is 0.404 e. The maximum atomic E-state index is 14.7. The van der Waals surface area contributed by atoms with Gasteiger partial charge in [-0.25, -0.2) is 17.8 Å². The van der Waals surface area contributed by atoms with Crippen molar-refractivity contribution in [2.45, 2.75) is 44.3 Å². The van der Waals surface area contributed by atoms with Crippen molar-refractivity contribution in [1.29, 1.82) is 5.26 Å². The van der Waals surface area contributed by atoms with Crippen LogP contribution in [0.25, 0.3) is 28.1 Å². The second kappa shape index (κ2) is 9.57. The molecule has 0 aliphatic carbocycles. The summed E-state index contributed by atoms with van der Waals surface area (Å²) in [6.07, 6.45) is -1.88. The number of pyridine rings is 2. The van der Waals surface area contributed by atoms with Crippen LogP contribution in [-0.2, 0) is 16.4 Å². The van der Waals surface area contributed by atoms with Crippen molar-refractivity contribution >= 4 is 20.9 Å². The van der Waals surface area contributed by atoms with Crippen molar-refractivity contribution in [1.82, 2.24) is 19.3 Å². The fraction of sp³-hybridized carbons (Fsp3) is 0.240. The average molecular weight is 532 g/mol. The summed E-state index contributed by atoms with van der Waals surface area (Å²) in [4.78, 5) is 8.09. The minimum Gasteiger partial charge on any atom is -0.291 e. The average Bonchev–Trinajstić information content (AvgIpc) is 3.15. The third kappa shape index (κ3) is 4.92. The molecule has 1 atom stereocenters. The summed E-state index contributed by atoms with van der Waals surface area (Å²) in [6, 6.07) is 8.60. The summed E-state index contributed by atoms with van der Waals surface area (Å²) < 4.78 is 81.5. The molecule has 1 aromatic carbocycles. The molecule has 0 spiro atoms. The second-order valence-electron chi connectivity index (χ2n) is 8.44. The monoisotopic (exact) mass is 531 g/mol. The van der Waals surface area contributed by atoms with Crippen molar-refractivity contribution in [3.05, 3.63) is 71.3 Å². The highest BCUT2D eigenvalue weighted by Crippen LogP contribution is 2.36. The molecular weight excluding hydrogens is 510 g/mol. The number of benzene rings is 1. The van der Waals surface area contributed by atoms with Gasteiger partial charge in [-0.05, 0) is 67.8 Å². The Balaban J connectivity index is 1.93. The first kappa shape index (κ1) is 26.2. The molecule has 0 aliphatic rings. The van der Waals surface area contributed by atoms with Gasteiger partial charge in [0.15, 0.2) is 0 Å². The molecule has 0 radical (unpaired) electrons. The fourth-order valence-corrected chi connectivity index (χ4v) is 5.08. The van der Waals surface area contributed by atoms with E-state index in [1.165, 1.54) is 12.1 Å². The van der Waals surface area contributed by atoms with E-state index in [9.17, 15) is 31.2 Å². The number of alkyl halides is 3. The molecule has 0 aliphatic heterocycles. The summed E-state index contributed by atoms with van der Waals surface area (Å²) >= 11 is 0. The Morgan fingerprint density at radius 3 is 2.46 bits per heavy atom. The third-order valence-corrected chi connectivity index (χ3v) is 7.40. The van der Waals surface area contributed by atoms with Gasteiger partial charge in [0, 0.05) is 17.8 Å². The molecule has 4 rings (SSSR count). The number of halogens is 4. The third-order valence-electron chi connectivity index (χ3n) is 5.87. The number of hydrogen-bond donors (Lipinski definition) is 1. The maximum Gasteiger partial charge on any atom is 0.404 e. The number of nitrogens with zero attached hydrogens (tertiary/aromatic N) is 4. The van der Waals surface area contributed by atoms with E-state index in [1.807, 2.05) is 6.92 Å². The van der Waals surface area contributed by atoms with E-state index in [2.05, 4.69) is 16.0 Å². The first-order chi connectivity index (χ1) is 17.4. The van der Waals surface area contributed by atoms with Crippen molar-refractivity contribution in [2.75, 3.05) is 0 Å². The zero-order chi connectivity index (χ0) is 27.1. The van der Waals surface area contributed by atoms with Crippen LogP contribution >= 0.6 is 0 Å². The Morgan fingerprint density at radius 2 is 1.89 bits per heavy atom. The predicted octanol–water partition coefficient (Wildman–Crippen LogP) is 5.20. The van der Waals surface area contributed by atoms with E-state index in [4.69, 9.17) is 0 Å². The van der Waals surface area contributed by atoms with Gasteiger partial charge >= 0.3 is 6.18 Å². The van der Waals surface area contributed by atoms with Gasteiger partial charge in [-0.15, -0.1) is 0 Å². The minimum absolute atomic E-state index is 0.0896. The lowest BCUT2D eigenvalue weighted by molar-refractivity contribution is -0.147. The standard InChI is InChI=1S/C25H21F4N5O2S/c1-4-16-10-22-18(11-20(16)26)19(12-30)24(34(22)23-9-14(2)7-8-31-23)21-6-5-17(13-32-21)37(35,36)33-15(3)25(27,28)29/h5-11,13,15,33H,4H2,1-3H3/t15-/m0/s1. The number of nitriles is 1. The first-order valence-electron chi connectivity index (χ1n) is 11.1. The van der Waals surface area contributed by atoms with Crippen LogP contribution in [-0.4, -0.2) is 35.2 Å². The Morgan fingerprint density at radius 1 is 1.16 bits per heavy atom. The van der Waals surface area contributed by atoms with Crippen LogP contribution in [0, 0.1) is 24.1 Å². The Bertz CT molecular complexity index is 1640. The molecule has 7 nitrogen and oxygen atoms in total. The zero-order valence-electron chi connectivity index (χ0n) is 19.9. The van der Waals surface area contributed by atoms with Crippen molar-refractivity contribution in [2.24, 2.45) is 0 Å². The van der Waals surface area contributed by atoms with Gasteiger partial charge in [0.05, 0.1) is 22.5 Å². The molecule has 37 heavy (non-hydrogen) atoms. The quantitative estimate of drug-likeness (QED) is 0.345. The molecule has 0 bridgehead atoms. The molecule has 0 fully saturated rings. The number of fused-ring (bicyclic) bond motifs is 1. The van der Waals surface area contributed by atoms with Crippen LogP contribution in [0.1, 0.15) is 30.5 Å². The number of nitrogens with one attached hydrogen (secondary N) is 1. The van der Waals surface area contributed by atoms with Crippen LogP contribution < -0.4 is 4.72 Å². The number of rotatable bonds is 6. The highest BCUT2D eigenvalue weighted by molar-refractivity contribution is 7.89. The van der Waals surface area contributed by atoms with Crippen LogP contribution in [0.2, 0.25) is 0 Å². The van der Waals surface area contributed by atoms with E-state index >= 15 is 0 Å². The summed E-state index contributed by atoms with van der Waals surface area (Å²) in [5.74, 6) is -0.0546. The van der Waals surface area contributed by atoms with Crippen LogP contribution in [0.3, 0.4) is 0 Å². The fourth-order valence-electron chi connectivity index (χ4n) is 3.90. The molecule has 3 heterocycles. The number of sulfonamides is 1. The zero-order valence-corrected chi connectivity index (χ0v) is 20.7. The van der Waals surface area contributed by atoms with Gasteiger partial charge in [0.1, 0.15) is 28.6 Å². The molecule has 1 N–H and O–H groups in total. The lowest BCUT2D eigenvalue weighted by Gasteiger charge is -2.17. The molecule has 0 saturated carbocycles. The highest BCUT2D eigenvalue weighted by atomic mass is 32.2. The molecule has 0 saturated heterocycles. The van der Waals surface area contributed by atoms with Crippen LogP contribution in [0.15, 0.2) is 53.7 Å². The van der Waals surface area contributed by atoms with E-state index in [0.717, 1.165) is 17.8 Å². The number of aryl methyl sites for hydroxylation is 2. The maximum absolute atomic E-state index is 14.7. The van der Waals surface area contributed by atoms with E-state index in [1.54, 1.807) is 40.6 Å². The van der Waals surface area contributed by atoms with E-state index in [0.29, 0.717) is 35.6 Å². The van der Waals surface area contributed by atoms with Gasteiger partial charge in [-0.2, -0.15) is 23.2 Å². The Hall–Kier alpha value is -3.82. The lowest BCUT2D eigenvalue weighted by Crippen LogP contribution is -2.42. The van der Waals surface area contributed by atoms with Gasteiger partial charge in [0.2, 0.25) is 10.0 Å². The van der Waals surface area contributed by atoms with Gasteiger partial charge in [-0.3, -0.25) is 9.55 Å². The van der Waals surface area contributed by atoms with Crippen molar-refractivity contribution in [3.63, 3.8) is 0 Å². The normalized spacial score (nSPS) is 13.0. The first-order valence-corrected chi connectivity index (χ1v) is 12.6. The lowest BCUT2D eigenvalue weighted by atomic mass is 10.1. The molecule has 0 unspecified atom stereocenters.